The molecule has 0 aliphatic heterocycles. The summed E-state index contributed by atoms with van der Waals surface area (Å²) in [6.45, 7) is 24.9. The van der Waals surface area contributed by atoms with Crippen molar-refractivity contribution in [3.05, 3.63) is 60.2 Å². The Morgan fingerprint density at radius 3 is 1.00 bits per heavy atom. The van der Waals surface area contributed by atoms with Crippen LogP contribution in [0.5, 0.6) is 11.5 Å². The van der Waals surface area contributed by atoms with Gasteiger partial charge in [0.2, 0.25) is 0 Å². The molecule has 0 spiro atoms. The van der Waals surface area contributed by atoms with Crippen LogP contribution in [0.2, 0.25) is 0 Å². The number of carbonyl (C=O) groups is 6. The van der Waals surface area contributed by atoms with Crippen LogP contribution in [0.25, 0.3) is 0 Å². The molecule has 2 rings (SSSR count). The highest BCUT2D eigenvalue weighted by atomic mass is 19.1. The second-order valence-electron chi connectivity index (χ2n) is 12.9. The third-order valence-electron chi connectivity index (χ3n) is 8.16. The lowest BCUT2D eigenvalue weighted by atomic mass is 10.3. The number of urea groups is 2. The summed E-state index contributed by atoms with van der Waals surface area (Å²) in [6.07, 6.45) is 0. The summed E-state index contributed by atoms with van der Waals surface area (Å²) < 4.78 is 36.9. The van der Waals surface area contributed by atoms with Crippen LogP contribution in [0, 0.1) is 11.6 Å². The average molecular weight is 877 g/mol. The molecule has 0 bridgehead atoms. The van der Waals surface area contributed by atoms with Gasteiger partial charge in [0.15, 0.2) is 0 Å². The Morgan fingerprint density at radius 1 is 0.525 bits per heavy atom. The molecule has 2 aromatic rings. The van der Waals surface area contributed by atoms with Gasteiger partial charge in [-0.05, 0) is 102 Å². The predicted molar refractivity (Wildman–Crippen MR) is 224 cm³/mol. The van der Waals surface area contributed by atoms with E-state index in [0.29, 0.717) is 50.9 Å². The fourth-order valence-electron chi connectivity index (χ4n) is 4.70. The van der Waals surface area contributed by atoms with E-state index in [-0.39, 0.29) is 41.3 Å². The first-order valence-corrected chi connectivity index (χ1v) is 19.5. The number of ether oxygens (including phenoxy) is 2. The zero-order valence-corrected chi connectivity index (χ0v) is 36.4. The standard InChI is InChI=1S/2C18H30FN3O2.2C2H2O4.H2O/c2*1-5-21(6-2)12-11-20-18(23)22(15(3)4)13-14-24-17-9-7-16(19)8-10-17;2*3-1(4)2(5)6;/h2*7-10,15H,5-6,11-14H2,1-4H3,(H,20,23);2*(H,3,4)(H,5,6);1H2. The number of amides is 4. The van der Waals surface area contributed by atoms with E-state index in [4.69, 9.17) is 49.1 Å². The molecule has 0 saturated carbocycles. The summed E-state index contributed by atoms with van der Waals surface area (Å²) in [7, 11) is 0. The molecule has 0 fully saturated rings. The summed E-state index contributed by atoms with van der Waals surface area (Å²) in [5.41, 5.74) is 0. The number of carboxylic acids is 4. The summed E-state index contributed by atoms with van der Waals surface area (Å²) in [5, 5.41) is 35.5. The smallest absolute Gasteiger partial charge is 0.414 e. The van der Waals surface area contributed by atoms with Crippen molar-refractivity contribution < 1.29 is 72.9 Å². The first-order chi connectivity index (χ1) is 28.2. The second-order valence-corrected chi connectivity index (χ2v) is 12.9. The molecule has 348 valence electrons. The minimum atomic E-state index is -1.82. The van der Waals surface area contributed by atoms with Crippen molar-refractivity contribution in [2.24, 2.45) is 0 Å². The molecule has 4 amide bonds. The van der Waals surface area contributed by atoms with Crippen LogP contribution in [-0.4, -0.2) is 172 Å². The molecule has 0 saturated heterocycles. The summed E-state index contributed by atoms with van der Waals surface area (Å²) in [4.78, 5) is 69.0. The van der Waals surface area contributed by atoms with Crippen LogP contribution in [0.4, 0.5) is 18.4 Å². The Labute approximate surface area is 356 Å². The maximum Gasteiger partial charge on any atom is 0.414 e. The third-order valence-corrected chi connectivity index (χ3v) is 8.16. The van der Waals surface area contributed by atoms with Crippen molar-refractivity contribution in [2.45, 2.75) is 67.5 Å². The molecule has 8 N–H and O–H groups in total. The Morgan fingerprint density at radius 2 is 0.787 bits per heavy atom. The van der Waals surface area contributed by atoms with Gasteiger partial charge in [-0.3, -0.25) is 0 Å². The lowest BCUT2D eigenvalue weighted by Gasteiger charge is -2.27. The normalized spacial score (nSPS) is 10.1. The number of aliphatic carboxylic acids is 4. The van der Waals surface area contributed by atoms with E-state index in [1.54, 1.807) is 34.1 Å². The van der Waals surface area contributed by atoms with Gasteiger partial charge in [0, 0.05) is 38.3 Å². The van der Waals surface area contributed by atoms with Crippen LogP contribution < -0.4 is 20.1 Å². The number of nitrogens with zero attached hydrogens (tertiary/aromatic N) is 4. The molecular weight excluding hydrogens is 810 g/mol. The Kier molecular flexibility index (Phi) is 34.1. The van der Waals surface area contributed by atoms with Crippen molar-refractivity contribution in [2.75, 3.05) is 78.7 Å². The summed E-state index contributed by atoms with van der Waals surface area (Å²) in [6, 6.07) is 11.7. The van der Waals surface area contributed by atoms with Crippen LogP contribution in [0.1, 0.15) is 55.4 Å². The fourth-order valence-corrected chi connectivity index (χ4v) is 4.70. The predicted octanol–water partition coefficient (Wildman–Crippen LogP) is 3.42. The molecule has 0 aliphatic rings. The SMILES string of the molecule is CCN(CC)CCNC(=O)N(CCOc1ccc(F)cc1)C(C)C.CCN(CC)CCNC(=O)N(CCOc1ccc(F)cc1)C(C)C.O.O=C(O)C(=O)O.O=C(O)C(=O)O. The monoisotopic (exact) mass is 876 g/mol. The molecule has 0 radical (unpaired) electrons. The van der Waals surface area contributed by atoms with Crippen LogP contribution >= 0.6 is 0 Å². The van der Waals surface area contributed by atoms with Crippen molar-refractivity contribution in [3.8, 4) is 11.5 Å². The molecule has 61 heavy (non-hydrogen) atoms. The van der Waals surface area contributed by atoms with Gasteiger partial charge in [0.25, 0.3) is 0 Å². The van der Waals surface area contributed by atoms with Gasteiger partial charge >= 0.3 is 35.9 Å². The van der Waals surface area contributed by atoms with E-state index in [9.17, 15) is 18.4 Å². The molecule has 0 heterocycles. The van der Waals surface area contributed by atoms with E-state index in [1.807, 2.05) is 27.7 Å². The van der Waals surface area contributed by atoms with Gasteiger partial charge in [-0.2, -0.15) is 0 Å². The molecule has 0 aromatic heterocycles. The number of rotatable bonds is 20. The Bertz CT molecular complexity index is 1390. The van der Waals surface area contributed by atoms with Gasteiger partial charge in [0.1, 0.15) is 36.3 Å². The van der Waals surface area contributed by atoms with E-state index in [2.05, 4.69) is 48.1 Å². The van der Waals surface area contributed by atoms with Crippen molar-refractivity contribution in [3.63, 3.8) is 0 Å². The zero-order valence-electron chi connectivity index (χ0n) is 36.4. The van der Waals surface area contributed by atoms with Gasteiger partial charge < -0.3 is 65.6 Å². The first kappa shape index (κ1) is 59.5. The van der Waals surface area contributed by atoms with Crippen molar-refractivity contribution >= 4 is 35.9 Å². The highest BCUT2D eigenvalue weighted by Gasteiger charge is 2.18. The number of benzene rings is 2. The van der Waals surface area contributed by atoms with E-state index in [0.717, 1.165) is 39.3 Å². The summed E-state index contributed by atoms with van der Waals surface area (Å²) >= 11 is 0. The summed E-state index contributed by atoms with van der Waals surface area (Å²) in [5.74, 6) is -6.68. The number of hydrogen-bond donors (Lipinski definition) is 6. The maximum absolute atomic E-state index is 12.9. The number of hydrogen-bond acceptors (Lipinski definition) is 10. The Hall–Kier alpha value is -5.80. The van der Waals surface area contributed by atoms with Crippen molar-refractivity contribution in [1.82, 2.24) is 30.2 Å². The van der Waals surface area contributed by atoms with Crippen molar-refractivity contribution in [1.29, 1.82) is 0 Å². The maximum atomic E-state index is 12.9. The largest absolute Gasteiger partial charge is 0.492 e. The van der Waals surface area contributed by atoms with Gasteiger partial charge in [0.05, 0.1) is 13.1 Å². The average Bonchev–Trinajstić information content (AvgIpc) is 3.20. The fraction of sp³-hybridized carbons (Fsp3) is 0.550. The lowest BCUT2D eigenvalue weighted by molar-refractivity contribution is -0.159. The lowest BCUT2D eigenvalue weighted by Crippen LogP contribution is -2.47. The highest BCUT2D eigenvalue weighted by Crippen LogP contribution is 2.12. The topological polar surface area (TPSA) is 270 Å². The number of carboxylic acid groups (broad SMARTS) is 4. The number of carbonyl (C=O) groups excluding carboxylic acids is 2. The third kappa shape index (κ3) is 30.0. The molecule has 0 unspecified atom stereocenters. The van der Waals surface area contributed by atoms with Crippen LogP contribution in [0.15, 0.2) is 48.5 Å². The molecular formula is C40H66F2N6O13. The highest BCUT2D eigenvalue weighted by molar-refractivity contribution is 6.27. The first-order valence-electron chi connectivity index (χ1n) is 19.5. The van der Waals surface area contributed by atoms with Gasteiger partial charge in [-0.25, -0.2) is 37.5 Å². The van der Waals surface area contributed by atoms with Crippen LogP contribution in [-0.2, 0) is 19.2 Å². The number of nitrogens with one attached hydrogen (secondary N) is 2. The van der Waals surface area contributed by atoms with Gasteiger partial charge in [-0.15, -0.1) is 0 Å². The van der Waals surface area contributed by atoms with E-state index < -0.39 is 23.9 Å². The molecule has 2 aromatic carbocycles. The zero-order chi connectivity index (χ0) is 46.2. The molecule has 21 heteroatoms. The van der Waals surface area contributed by atoms with E-state index >= 15 is 0 Å². The molecule has 0 aliphatic carbocycles. The quantitative estimate of drug-likeness (QED) is 0.104. The second kappa shape index (κ2) is 35.0. The minimum Gasteiger partial charge on any atom is -0.492 e. The molecule has 0 atom stereocenters. The Balaban J connectivity index is -0.000000858. The number of halogens is 2. The van der Waals surface area contributed by atoms with Gasteiger partial charge in [-0.1, -0.05) is 27.7 Å². The minimum absolute atomic E-state index is 0. The molecule has 19 nitrogen and oxygen atoms in total. The van der Waals surface area contributed by atoms with E-state index in [1.165, 1.54) is 24.3 Å². The number of likely N-dealkylation sites (N-methyl/N-ethyl adjacent to an activating group) is 2. The van der Waals surface area contributed by atoms with Crippen LogP contribution in [0.3, 0.4) is 0 Å².